The second-order valence-corrected chi connectivity index (χ2v) is 13.0. The highest BCUT2D eigenvalue weighted by Gasteiger charge is 2.35. The van der Waals surface area contributed by atoms with Gasteiger partial charge < -0.3 is 29.1 Å². The molecule has 0 aliphatic carbocycles. The van der Waals surface area contributed by atoms with Gasteiger partial charge in [-0.05, 0) is 76.8 Å². The van der Waals surface area contributed by atoms with E-state index in [-0.39, 0.29) is 17.9 Å². The summed E-state index contributed by atoms with van der Waals surface area (Å²) in [6, 6.07) is 5.65. The third-order valence-corrected chi connectivity index (χ3v) is 7.98. The van der Waals surface area contributed by atoms with Crippen LogP contribution in [0.5, 0.6) is 5.75 Å². The quantitative estimate of drug-likeness (QED) is 0.333. The number of rotatable bonds is 11. The molecule has 240 valence electrons. The van der Waals surface area contributed by atoms with Gasteiger partial charge in [0.15, 0.2) is 5.82 Å². The molecule has 0 bridgehead atoms. The summed E-state index contributed by atoms with van der Waals surface area (Å²) >= 11 is 0. The number of ether oxygens (including phenoxy) is 2. The Bertz CT molecular complexity index is 1310. The normalized spacial score (nSPS) is 18.3. The molecule has 2 amide bonds. The Morgan fingerprint density at radius 2 is 1.95 bits per heavy atom. The highest BCUT2D eigenvalue weighted by molar-refractivity contribution is 5.86. The number of alkyl carbamates (subject to hydrolysis) is 1. The fourth-order valence-corrected chi connectivity index (χ4v) is 5.58. The van der Waals surface area contributed by atoms with Crippen molar-refractivity contribution < 1.29 is 28.0 Å². The summed E-state index contributed by atoms with van der Waals surface area (Å²) in [6.07, 6.45) is 4.33. The number of anilines is 1. The average Bonchev–Trinajstić information content (AvgIpc) is 3.66. The van der Waals surface area contributed by atoms with Gasteiger partial charge in [0.1, 0.15) is 29.3 Å². The van der Waals surface area contributed by atoms with E-state index in [4.69, 9.17) is 14.0 Å². The van der Waals surface area contributed by atoms with E-state index in [2.05, 4.69) is 26.4 Å². The number of carbonyl (C=O) groups excluding carboxylic acids is 2. The molecule has 44 heavy (non-hydrogen) atoms. The number of aromatic nitrogens is 2. The molecule has 2 fully saturated rings. The Kier molecular flexibility index (Phi) is 11.1. The van der Waals surface area contributed by atoms with Crippen molar-refractivity contribution in [3.8, 4) is 11.8 Å². The number of piperidine rings is 1. The van der Waals surface area contributed by atoms with Gasteiger partial charge in [-0.1, -0.05) is 25.1 Å². The average molecular weight is 613 g/mol. The van der Waals surface area contributed by atoms with Crippen molar-refractivity contribution in [1.82, 2.24) is 20.4 Å². The van der Waals surface area contributed by atoms with E-state index in [9.17, 15) is 14.9 Å². The molecule has 1 aromatic heterocycles. The van der Waals surface area contributed by atoms with Gasteiger partial charge in [-0.3, -0.25) is 4.79 Å². The van der Waals surface area contributed by atoms with Gasteiger partial charge in [0.25, 0.3) is 0 Å². The minimum absolute atomic E-state index is 0.0834. The molecule has 2 aromatic rings. The molecule has 2 aliphatic heterocycles. The van der Waals surface area contributed by atoms with Crippen LogP contribution >= 0.6 is 0 Å². The molecular formula is C32H45FN6O5. The molecule has 2 aliphatic rings. The maximum Gasteiger partial charge on any atom is 0.408 e. The van der Waals surface area contributed by atoms with Crippen molar-refractivity contribution in [2.75, 3.05) is 31.1 Å². The van der Waals surface area contributed by atoms with Crippen molar-refractivity contribution in [3.63, 3.8) is 0 Å². The van der Waals surface area contributed by atoms with Crippen LogP contribution in [0.15, 0.2) is 22.7 Å². The number of likely N-dealkylation sites (tertiary alicyclic amines) is 1. The monoisotopic (exact) mass is 612 g/mol. The van der Waals surface area contributed by atoms with Crippen LogP contribution in [0.2, 0.25) is 0 Å². The van der Waals surface area contributed by atoms with Gasteiger partial charge in [0.2, 0.25) is 5.91 Å². The first kappa shape index (κ1) is 33.0. The number of hydrogen-bond acceptors (Lipinski definition) is 9. The number of nitrogens with one attached hydrogen (secondary N) is 1. The van der Waals surface area contributed by atoms with Crippen LogP contribution in [0.1, 0.15) is 90.4 Å². The summed E-state index contributed by atoms with van der Waals surface area (Å²) in [5, 5.41) is 16.1. The molecule has 1 aromatic carbocycles. The molecule has 12 heteroatoms. The molecule has 3 heterocycles. The Morgan fingerprint density at radius 1 is 1.20 bits per heavy atom. The zero-order chi connectivity index (χ0) is 31.9. The number of amides is 2. The lowest BCUT2D eigenvalue weighted by atomic mass is 9.92. The second-order valence-electron chi connectivity index (χ2n) is 13.0. The largest absolute Gasteiger partial charge is 0.493 e. The standard InChI is InChI=1S/C32H45FN6O5/c1-21(2)28-36-30(44-37-28)38-15-12-22(13-16-38)8-7-17-42-25-11-10-23(26(33)19-25)18-27(35-31(41)43-32(3,4)5)29(40)39-14-6-9-24(39)20-34/h10-11,19,21-22,24,27H,6-9,12-18H2,1-5H3,(H,35,41)/t24-,27-/m0/s1. The predicted octanol–water partition coefficient (Wildman–Crippen LogP) is 5.36. The van der Waals surface area contributed by atoms with Crippen LogP contribution in [0.25, 0.3) is 0 Å². The Labute approximate surface area is 259 Å². The Morgan fingerprint density at radius 3 is 2.59 bits per heavy atom. The first-order valence-electron chi connectivity index (χ1n) is 15.6. The van der Waals surface area contributed by atoms with Crippen LogP contribution in [-0.4, -0.2) is 71.0 Å². The van der Waals surface area contributed by atoms with Crippen LogP contribution in [0, 0.1) is 23.1 Å². The SMILES string of the molecule is CC(C)c1noc(N2CCC(CCCOc3ccc(C[C@H](NC(=O)OC(C)(C)C)C(=O)N4CCC[C@H]4C#N)c(F)c3)CC2)n1. The third-order valence-electron chi connectivity index (χ3n) is 7.98. The van der Waals surface area contributed by atoms with Gasteiger partial charge in [0, 0.05) is 38.0 Å². The van der Waals surface area contributed by atoms with E-state index in [0.29, 0.717) is 43.7 Å². The predicted molar refractivity (Wildman–Crippen MR) is 162 cm³/mol. The summed E-state index contributed by atoms with van der Waals surface area (Å²) < 4.78 is 31.8. The Balaban J connectivity index is 1.27. The van der Waals surface area contributed by atoms with Gasteiger partial charge in [-0.25, -0.2) is 9.18 Å². The molecule has 0 saturated carbocycles. The minimum Gasteiger partial charge on any atom is -0.493 e. The van der Waals surface area contributed by atoms with Gasteiger partial charge in [-0.2, -0.15) is 10.2 Å². The maximum absolute atomic E-state index is 15.2. The summed E-state index contributed by atoms with van der Waals surface area (Å²) in [4.78, 5) is 34.0. The van der Waals surface area contributed by atoms with Gasteiger partial charge in [0.05, 0.1) is 12.7 Å². The molecule has 0 unspecified atom stereocenters. The number of halogens is 1. The number of carbonyl (C=O) groups is 2. The van der Waals surface area contributed by atoms with Crippen LogP contribution < -0.4 is 15.0 Å². The lowest BCUT2D eigenvalue weighted by Crippen LogP contribution is -2.51. The van der Waals surface area contributed by atoms with Crippen molar-refractivity contribution >= 4 is 18.0 Å². The topological polar surface area (TPSA) is 134 Å². The van der Waals surface area contributed by atoms with Crippen molar-refractivity contribution in [1.29, 1.82) is 5.26 Å². The molecule has 4 rings (SSSR count). The fraction of sp³-hybridized carbons (Fsp3) is 0.656. The van der Waals surface area contributed by atoms with Crippen molar-refractivity contribution in [2.24, 2.45) is 5.92 Å². The lowest BCUT2D eigenvalue weighted by Gasteiger charge is -2.30. The van der Waals surface area contributed by atoms with E-state index in [1.807, 2.05) is 13.8 Å². The zero-order valence-electron chi connectivity index (χ0n) is 26.5. The molecular weight excluding hydrogens is 567 g/mol. The van der Waals surface area contributed by atoms with Crippen LogP contribution in [-0.2, 0) is 16.0 Å². The number of hydrogen-bond donors (Lipinski definition) is 1. The molecule has 11 nitrogen and oxygen atoms in total. The second kappa shape index (κ2) is 14.7. The molecule has 2 saturated heterocycles. The first-order valence-corrected chi connectivity index (χ1v) is 15.6. The number of nitrogens with zero attached hydrogens (tertiary/aromatic N) is 5. The third kappa shape index (κ3) is 9.07. The van der Waals surface area contributed by atoms with E-state index >= 15 is 4.39 Å². The number of nitriles is 1. The summed E-state index contributed by atoms with van der Waals surface area (Å²) in [5.74, 6) is 0.983. The highest BCUT2D eigenvalue weighted by Crippen LogP contribution is 2.27. The zero-order valence-corrected chi connectivity index (χ0v) is 26.5. The molecule has 0 radical (unpaired) electrons. The van der Waals surface area contributed by atoms with Gasteiger partial charge in [-0.15, -0.1) is 0 Å². The lowest BCUT2D eigenvalue weighted by molar-refractivity contribution is -0.133. The van der Waals surface area contributed by atoms with E-state index in [1.54, 1.807) is 32.9 Å². The summed E-state index contributed by atoms with van der Waals surface area (Å²) in [5.41, 5.74) is -0.512. The first-order chi connectivity index (χ1) is 20.9. The van der Waals surface area contributed by atoms with Crippen molar-refractivity contribution in [3.05, 3.63) is 35.4 Å². The fourth-order valence-electron chi connectivity index (χ4n) is 5.58. The molecule has 1 N–H and O–H groups in total. The van der Waals surface area contributed by atoms with Crippen LogP contribution in [0.4, 0.5) is 15.2 Å². The van der Waals surface area contributed by atoms with Gasteiger partial charge >= 0.3 is 12.1 Å². The summed E-state index contributed by atoms with van der Waals surface area (Å²) in [6.45, 7) is 11.9. The number of benzene rings is 1. The molecule has 0 spiro atoms. The van der Waals surface area contributed by atoms with E-state index in [0.717, 1.165) is 44.6 Å². The maximum atomic E-state index is 15.2. The minimum atomic E-state index is -1.08. The highest BCUT2D eigenvalue weighted by atomic mass is 19.1. The van der Waals surface area contributed by atoms with Crippen molar-refractivity contribution in [2.45, 2.75) is 103 Å². The summed E-state index contributed by atoms with van der Waals surface area (Å²) in [7, 11) is 0. The molecule has 2 atom stereocenters. The van der Waals surface area contributed by atoms with E-state index in [1.165, 1.54) is 11.0 Å². The van der Waals surface area contributed by atoms with E-state index < -0.39 is 35.5 Å². The smallest absolute Gasteiger partial charge is 0.408 e. The Hall–Kier alpha value is -3.88. The van der Waals surface area contributed by atoms with Crippen LogP contribution in [0.3, 0.4) is 0 Å².